The average molecular weight is 338 g/mol. The Hall–Kier alpha value is -1.82. The van der Waals surface area contributed by atoms with E-state index in [4.69, 9.17) is 5.73 Å². The number of anilines is 1. The first-order chi connectivity index (χ1) is 9.45. The van der Waals surface area contributed by atoms with Crippen LogP contribution >= 0.6 is 15.9 Å². The normalized spacial score (nSPS) is 12.2. The molecule has 0 saturated carbocycles. The minimum Gasteiger partial charge on any atom is -0.464 e. The summed E-state index contributed by atoms with van der Waals surface area (Å²) in [5, 5.41) is 0. The molecule has 6 heteroatoms. The Kier molecular flexibility index (Phi) is 4.13. The van der Waals surface area contributed by atoms with E-state index in [2.05, 4.69) is 25.7 Å². The molecule has 20 heavy (non-hydrogen) atoms. The molecule has 0 bridgehead atoms. The van der Waals surface area contributed by atoms with Gasteiger partial charge in [-0.2, -0.15) is 0 Å². The minimum absolute atomic E-state index is 0.0194. The van der Waals surface area contributed by atoms with E-state index in [-0.39, 0.29) is 11.7 Å². The van der Waals surface area contributed by atoms with Crippen LogP contribution in [-0.2, 0) is 4.74 Å². The number of nitrogen functional groups attached to an aromatic ring is 1. The van der Waals surface area contributed by atoms with Crippen molar-refractivity contribution in [2.24, 2.45) is 0 Å². The highest BCUT2D eigenvalue weighted by atomic mass is 79.9. The van der Waals surface area contributed by atoms with Crippen molar-refractivity contribution in [3.05, 3.63) is 45.8 Å². The predicted molar refractivity (Wildman–Crippen MR) is 80.7 cm³/mol. The Labute approximate surface area is 125 Å². The molecule has 0 saturated heterocycles. The van der Waals surface area contributed by atoms with Gasteiger partial charge in [-0.15, -0.1) is 0 Å². The number of benzene rings is 1. The zero-order valence-electron chi connectivity index (χ0n) is 11.6. The maximum atomic E-state index is 11.6. The van der Waals surface area contributed by atoms with E-state index >= 15 is 0 Å². The summed E-state index contributed by atoms with van der Waals surface area (Å²) in [7, 11) is 1.31. The first-order valence-electron chi connectivity index (χ1n) is 6.13. The molecule has 1 unspecified atom stereocenters. The van der Waals surface area contributed by atoms with Gasteiger partial charge in [0.15, 0.2) is 5.69 Å². The number of hydrogen-bond donors (Lipinski definition) is 1. The lowest BCUT2D eigenvalue weighted by Gasteiger charge is -2.17. The molecule has 0 radical (unpaired) electrons. The van der Waals surface area contributed by atoms with E-state index in [1.54, 1.807) is 0 Å². The maximum Gasteiger partial charge on any atom is 0.360 e. The van der Waals surface area contributed by atoms with Crippen LogP contribution in [0, 0.1) is 6.92 Å². The van der Waals surface area contributed by atoms with Crippen molar-refractivity contribution in [3.63, 3.8) is 0 Å². The number of carbonyl (C=O) groups excluding carboxylic acids is 1. The first kappa shape index (κ1) is 14.6. The van der Waals surface area contributed by atoms with Gasteiger partial charge < -0.3 is 15.0 Å². The summed E-state index contributed by atoms with van der Waals surface area (Å²) < 4.78 is 7.53. The lowest BCUT2D eigenvalue weighted by Crippen LogP contribution is -2.13. The highest BCUT2D eigenvalue weighted by molar-refractivity contribution is 9.10. The smallest absolute Gasteiger partial charge is 0.360 e. The van der Waals surface area contributed by atoms with E-state index in [0.717, 1.165) is 10.0 Å². The average Bonchev–Trinajstić information content (AvgIpc) is 2.73. The van der Waals surface area contributed by atoms with Crippen molar-refractivity contribution < 1.29 is 9.53 Å². The van der Waals surface area contributed by atoms with Gasteiger partial charge in [0.25, 0.3) is 0 Å². The number of aryl methyl sites for hydroxylation is 1. The van der Waals surface area contributed by atoms with Crippen LogP contribution in [0.2, 0.25) is 0 Å². The molecule has 106 valence electrons. The lowest BCUT2D eigenvalue weighted by atomic mass is 10.1. The minimum atomic E-state index is -0.521. The molecule has 1 aromatic carbocycles. The number of aromatic nitrogens is 2. The van der Waals surface area contributed by atoms with Crippen molar-refractivity contribution >= 4 is 27.7 Å². The van der Waals surface area contributed by atoms with Crippen LogP contribution in [-0.4, -0.2) is 22.6 Å². The third-order valence-electron chi connectivity index (χ3n) is 3.24. The van der Waals surface area contributed by atoms with Gasteiger partial charge in [0, 0.05) is 4.47 Å². The Bertz CT molecular complexity index is 635. The van der Waals surface area contributed by atoms with Crippen molar-refractivity contribution in [1.29, 1.82) is 0 Å². The fraction of sp³-hybridized carbons (Fsp3) is 0.286. The topological polar surface area (TPSA) is 70.1 Å². The summed E-state index contributed by atoms with van der Waals surface area (Å²) in [6, 6.07) is 7.93. The summed E-state index contributed by atoms with van der Waals surface area (Å²) in [5.74, 6) is 0.482. The van der Waals surface area contributed by atoms with E-state index in [0.29, 0.717) is 11.6 Å². The summed E-state index contributed by atoms with van der Waals surface area (Å²) in [4.78, 5) is 15.8. The number of imidazole rings is 1. The summed E-state index contributed by atoms with van der Waals surface area (Å²) >= 11 is 3.41. The predicted octanol–water partition coefficient (Wildman–Crippen LogP) is 2.93. The second-order valence-corrected chi connectivity index (χ2v) is 5.40. The number of methoxy groups -OCH3 is 1. The van der Waals surface area contributed by atoms with Crippen LogP contribution in [0.1, 0.15) is 34.8 Å². The number of nitrogens with zero attached hydrogens (tertiary/aromatic N) is 2. The molecule has 0 amide bonds. The second kappa shape index (κ2) is 5.66. The Morgan fingerprint density at radius 1 is 1.40 bits per heavy atom. The molecular weight excluding hydrogens is 322 g/mol. The number of nitrogens with two attached hydrogens (primary N) is 1. The fourth-order valence-electron chi connectivity index (χ4n) is 2.19. The molecule has 0 aliphatic carbocycles. The summed E-state index contributed by atoms with van der Waals surface area (Å²) in [6.07, 6.45) is 0. The summed E-state index contributed by atoms with van der Waals surface area (Å²) in [6.45, 7) is 3.83. The van der Waals surface area contributed by atoms with Gasteiger partial charge in [-0.25, -0.2) is 9.78 Å². The third-order valence-corrected chi connectivity index (χ3v) is 3.77. The quantitative estimate of drug-likeness (QED) is 0.874. The van der Waals surface area contributed by atoms with Crippen molar-refractivity contribution in [2.75, 3.05) is 12.8 Å². The van der Waals surface area contributed by atoms with Crippen molar-refractivity contribution in [2.45, 2.75) is 19.9 Å². The molecule has 1 heterocycles. The van der Waals surface area contributed by atoms with Gasteiger partial charge in [0.2, 0.25) is 0 Å². The number of halogens is 1. The first-order valence-corrected chi connectivity index (χ1v) is 6.93. The molecule has 2 aromatic rings. The number of rotatable bonds is 3. The third kappa shape index (κ3) is 2.56. The van der Waals surface area contributed by atoms with Crippen LogP contribution in [0.3, 0.4) is 0 Å². The molecule has 0 aliphatic rings. The molecule has 0 spiro atoms. The largest absolute Gasteiger partial charge is 0.464 e. The highest BCUT2D eigenvalue weighted by Crippen LogP contribution is 2.26. The molecule has 1 atom stereocenters. The molecule has 0 fully saturated rings. The van der Waals surface area contributed by atoms with Crippen molar-refractivity contribution in [1.82, 2.24) is 9.55 Å². The monoisotopic (exact) mass is 337 g/mol. The Morgan fingerprint density at radius 2 is 2.00 bits per heavy atom. The van der Waals surface area contributed by atoms with Crippen LogP contribution in [0.15, 0.2) is 28.7 Å². The van der Waals surface area contributed by atoms with Crippen molar-refractivity contribution in [3.8, 4) is 0 Å². The number of hydrogen-bond acceptors (Lipinski definition) is 4. The van der Waals surface area contributed by atoms with E-state index in [1.807, 2.05) is 42.7 Å². The number of esters is 1. The van der Waals surface area contributed by atoms with E-state index < -0.39 is 5.97 Å². The lowest BCUT2D eigenvalue weighted by molar-refractivity contribution is 0.0595. The fourth-order valence-corrected chi connectivity index (χ4v) is 2.45. The maximum absolute atomic E-state index is 11.6. The van der Waals surface area contributed by atoms with Gasteiger partial charge in [-0.3, -0.25) is 0 Å². The molecule has 0 aliphatic heterocycles. The second-order valence-electron chi connectivity index (χ2n) is 4.48. The Morgan fingerprint density at radius 3 is 2.55 bits per heavy atom. The van der Waals surface area contributed by atoms with Crippen LogP contribution < -0.4 is 5.73 Å². The van der Waals surface area contributed by atoms with Gasteiger partial charge >= 0.3 is 5.97 Å². The Balaban J connectivity index is 2.44. The molecule has 2 rings (SSSR count). The van der Waals surface area contributed by atoms with Crippen LogP contribution in [0.25, 0.3) is 0 Å². The SMILES string of the molecule is COC(=O)c1nc(C)n(C(C)c2ccc(Br)cc2)c1N. The van der Waals surface area contributed by atoms with Gasteiger partial charge in [0.05, 0.1) is 13.2 Å². The highest BCUT2D eigenvalue weighted by Gasteiger charge is 2.22. The molecule has 5 nitrogen and oxygen atoms in total. The van der Waals surface area contributed by atoms with Crippen LogP contribution in [0.5, 0.6) is 0 Å². The number of carbonyl (C=O) groups is 1. The van der Waals surface area contributed by atoms with Gasteiger partial charge in [0.1, 0.15) is 11.6 Å². The van der Waals surface area contributed by atoms with E-state index in [9.17, 15) is 4.79 Å². The number of ether oxygens (including phenoxy) is 1. The molecular formula is C14H16BrN3O2. The standard InChI is InChI=1S/C14H16BrN3O2/c1-8(10-4-6-11(15)7-5-10)18-9(2)17-12(13(18)16)14(19)20-3/h4-8H,16H2,1-3H3. The van der Waals surface area contributed by atoms with Crippen LogP contribution in [0.4, 0.5) is 5.82 Å². The molecule has 2 N–H and O–H groups in total. The molecule has 1 aromatic heterocycles. The summed E-state index contributed by atoms with van der Waals surface area (Å²) in [5.41, 5.74) is 7.28. The zero-order chi connectivity index (χ0) is 14.9. The van der Waals surface area contributed by atoms with E-state index in [1.165, 1.54) is 7.11 Å². The van der Waals surface area contributed by atoms with Gasteiger partial charge in [-0.1, -0.05) is 28.1 Å². The van der Waals surface area contributed by atoms with Gasteiger partial charge in [-0.05, 0) is 31.5 Å². The zero-order valence-corrected chi connectivity index (χ0v) is 13.1.